The first-order valence-corrected chi connectivity index (χ1v) is 8.33. The predicted molar refractivity (Wildman–Crippen MR) is 95.9 cm³/mol. The monoisotopic (exact) mass is 302 g/mol. The number of hydrogen-bond donors (Lipinski definition) is 1. The Balaban J connectivity index is 3.50. The maximum atomic E-state index is 10.2. The molecule has 0 radical (unpaired) electrons. The Morgan fingerprint density at radius 3 is 1.82 bits per heavy atom. The third-order valence-electron chi connectivity index (χ3n) is 3.13. The van der Waals surface area contributed by atoms with Crippen molar-refractivity contribution in [2.75, 3.05) is 0 Å². The van der Waals surface area contributed by atoms with Gasteiger partial charge < -0.3 is 5.11 Å². The summed E-state index contributed by atoms with van der Waals surface area (Å²) in [5, 5.41) is 8.38. The van der Waals surface area contributed by atoms with E-state index in [4.69, 9.17) is 5.11 Å². The Hall–Kier alpha value is -1.83. The Morgan fingerprint density at radius 1 is 0.727 bits per heavy atom. The molecule has 0 aliphatic carbocycles. The second kappa shape index (κ2) is 17.2. The minimum atomic E-state index is -0.931. The summed E-state index contributed by atoms with van der Waals surface area (Å²) in [6.07, 6.45) is 28.8. The highest BCUT2D eigenvalue weighted by Crippen LogP contribution is 2.08. The first kappa shape index (κ1) is 20.2. The molecule has 0 fully saturated rings. The van der Waals surface area contributed by atoms with E-state index in [1.165, 1.54) is 51.0 Å². The molecule has 0 aliphatic heterocycles. The first-order valence-electron chi connectivity index (χ1n) is 8.33. The summed E-state index contributed by atoms with van der Waals surface area (Å²) < 4.78 is 0. The van der Waals surface area contributed by atoms with Gasteiger partial charge in [-0.05, 0) is 12.8 Å². The van der Waals surface area contributed by atoms with E-state index in [0.29, 0.717) is 0 Å². The van der Waals surface area contributed by atoms with Crippen molar-refractivity contribution in [2.45, 2.75) is 58.3 Å². The molecule has 0 aliphatic rings. The Kier molecular flexibility index (Phi) is 15.8. The average molecular weight is 302 g/mol. The van der Waals surface area contributed by atoms with Crippen molar-refractivity contribution in [3.63, 3.8) is 0 Å². The largest absolute Gasteiger partial charge is 0.478 e. The van der Waals surface area contributed by atoms with E-state index in [-0.39, 0.29) is 0 Å². The number of unbranched alkanes of at least 4 members (excludes halogenated alkanes) is 7. The van der Waals surface area contributed by atoms with Gasteiger partial charge in [-0.1, -0.05) is 100 Å². The van der Waals surface area contributed by atoms with Gasteiger partial charge in [0.25, 0.3) is 0 Å². The van der Waals surface area contributed by atoms with E-state index in [0.717, 1.165) is 12.5 Å². The highest BCUT2D eigenvalue weighted by molar-refractivity contribution is 5.80. The summed E-state index contributed by atoms with van der Waals surface area (Å²) >= 11 is 0. The quantitative estimate of drug-likeness (QED) is 0.258. The Labute approximate surface area is 135 Å². The molecule has 0 aromatic rings. The van der Waals surface area contributed by atoms with Gasteiger partial charge in [0.05, 0.1) is 0 Å². The molecular weight excluding hydrogens is 272 g/mol. The van der Waals surface area contributed by atoms with Crippen molar-refractivity contribution in [3.05, 3.63) is 60.8 Å². The molecule has 0 saturated heterocycles. The van der Waals surface area contributed by atoms with Gasteiger partial charge in [-0.15, -0.1) is 0 Å². The van der Waals surface area contributed by atoms with Crippen molar-refractivity contribution in [2.24, 2.45) is 0 Å². The number of allylic oxidation sites excluding steroid dienone is 9. The number of carboxylic acids is 1. The fraction of sp³-hybridized carbons (Fsp3) is 0.450. The van der Waals surface area contributed by atoms with E-state index < -0.39 is 5.97 Å². The zero-order valence-electron chi connectivity index (χ0n) is 13.8. The summed E-state index contributed by atoms with van der Waals surface area (Å²) in [6, 6.07) is 0. The smallest absolute Gasteiger partial charge is 0.328 e. The minimum Gasteiger partial charge on any atom is -0.478 e. The molecule has 0 aromatic heterocycles. The van der Waals surface area contributed by atoms with Crippen molar-refractivity contribution >= 4 is 5.97 Å². The van der Waals surface area contributed by atoms with Crippen LogP contribution in [0.3, 0.4) is 0 Å². The lowest BCUT2D eigenvalue weighted by atomic mass is 10.1. The molecule has 22 heavy (non-hydrogen) atoms. The van der Waals surface area contributed by atoms with Crippen LogP contribution in [0, 0.1) is 0 Å². The normalized spacial score (nSPS) is 12.8. The predicted octanol–water partition coefficient (Wildman–Crippen LogP) is 5.99. The maximum Gasteiger partial charge on any atom is 0.328 e. The molecule has 0 saturated carbocycles. The van der Waals surface area contributed by atoms with Gasteiger partial charge in [-0.3, -0.25) is 0 Å². The third-order valence-corrected chi connectivity index (χ3v) is 3.13. The fourth-order valence-corrected chi connectivity index (χ4v) is 1.92. The molecule has 1 N–H and O–H groups in total. The fourth-order valence-electron chi connectivity index (χ4n) is 1.92. The van der Waals surface area contributed by atoms with Gasteiger partial charge in [0.15, 0.2) is 0 Å². The SMILES string of the molecule is CCCCCCCCC/C=C/C=C\C=C\C=C\C=C\C(=O)O. The lowest BCUT2D eigenvalue weighted by Crippen LogP contribution is -1.84. The van der Waals surface area contributed by atoms with Gasteiger partial charge in [-0.2, -0.15) is 0 Å². The second-order valence-corrected chi connectivity index (χ2v) is 5.19. The summed E-state index contributed by atoms with van der Waals surface area (Å²) in [7, 11) is 0. The number of rotatable bonds is 13. The van der Waals surface area contributed by atoms with Crippen molar-refractivity contribution in [3.8, 4) is 0 Å². The average Bonchev–Trinajstić information content (AvgIpc) is 2.50. The van der Waals surface area contributed by atoms with Gasteiger partial charge >= 0.3 is 5.97 Å². The number of carboxylic acid groups (broad SMARTS) is 1. The molecule has 2 nitrogen and oxygen atoms in total. The van der Waals surface area contributed by atoms with Crippen LogP contribution >= 0.6 is 0 Å². The van der Waals surface area contributed by atoms with E-state index in [9.17, 15) is 4.79 Å². The lowest BCUT2D eigenvalue weighted by Gasteiger charge is -1.98. The summed E-state index contributed by atoms with van der Waals surface area (Å²) in [5.74, 6) is -0.931. The molecule has 0 rings (SSSR count). The highest BCUT2D eigenvalue weighted by atomic mass is 16.4. The van der Waals surface area contributed by atoms with Crippen LogP contribution in [0.1, 0.15) is 58.3 Å². The van der Waals surface area contributed by atoms with Crippen LogP contribution in [0.4, 0.5) is 0 Å². The zero-order chi connectivity index (χ0) is 16.3. The number of carbonyl (C=O) groups is 1. The highest BCUT2D eigenvalue weighted by Gasteiger charge is 1.88. The van der Waals surface area contributed by atoms with Gasteiger partial charge in [0.2, 0.25) is 0 Å². The topological polar surface area (TPSA) is 37.3 Å². The van der Waals surface area contributed by atoms with Crippen LogP contribution in [-0.2, 0) is 4.79 Å². The first-order chi connectivity index (χ1) is 10.8. The van der Waals surface area contributed by atoms with Crippen LogP contribution in [0.2, 0.25) is 0 Å². The van der Waals surface area contributed by atoms with Crippen LogP contribution < -0.4 is 0 Å². The van der Waals surface area contributed by atoms with Crippen LogP contribution in [0.15, 0.2) is 60.8 Å². The van der Waals surface area contributed by atoms with Crippen LogP contribution in [-0.4, -0.2) is 11.1 Å². The number of hydrogen-bond acceptors (Lipinski definition) is 1. The van der Waals surface area contributed by atoms with Gasteiger partial charge in [0, 0.05) is 6.08 Å². The molecule has 0 bridgehead atoms. The van der Waals surface area contributed by atoms with Crippen LogP contribution in [0.5, 0.6) is 0 Å². The molecule has 0 aromatic carbocycles. The second-order valence-electron chi connectivity index (χ2n) is 5.19. The molecule has 0 heterocycles. The van der Waals surface area contributed by atoms with Crippen molar-refractivity contribution < 1.29 is 9.90 Å². The Morgan fingerprint density at radius 2 is 1.23 bits per heavy atom. The molecule has 2 heteroatoms. The summed E-state index contributed by atoms with van der Waals surface area (Å²) in [5.41, 5.74) is 0. The van der Waals surface area contributed by atoms with E-state index in [1.807, 2.05) is 24.3 Å². The van der Waals surface area contributed by atoms with E-state index >= 15 is 0 Å². The molecule has 0 amide bonds. The molecule has 122 valence electrons. The minimum absolute atomic E-state index is 0.931. The lowest BCUT2D eigenvalue weighted by molar-refractivity contribution is -0.131. The molecule has 0 unspecified atom stereocenters. The van der Waals surface area contributed by atoms with E-state index in [2.05, 4.69) is 19.1 Å². The van der Waals surface area contributed by atoms with Crippen molar-refractivity contribution in [1.82, 2.24) is 0 Å². The molecular formula is C20H30O2. The Bertz CT molecular complexity index is 398. The molecule has 0 spiro atoms. The van der Waals surface area contributed by atoms with Crippen LogP contribution in [0.25, 0.3) is 0 Å². The standard InChI is InChI=1S/C20H30O2/c1-2-3-4-5-6-7-8-9-10-11-12-13-14-15-16-17-18-19-20(21)22/h10-19H,2-9H2,1H3,(H,21,22)/b11-10+,13-12-,15-14+,17-16+,19-18+. The summed E-state index contributed by atoms with van der Waals surface area (Å²) in [4.78, 5) is 10.2. The maximum absolute atomic E-state index is 10.2. The van der Waals surface area contributed by atoms with Crippen molar-refractivity contribution in [1.29, 1.82) is 0 Å². The summed E-state index contributed by atoms with van der Waals surface area (Å²) in [6.45, 7) is 2.25. The van der Waals surface area contributed by atoms with Gasteiger partial charge in [-0.25, -0.2) is 4.79 Å². The molecule has 0 atom stereocenters. The van der Waals surface area contributed by atoms with E-state index in [1.54, 1.807) is 12.2 Å². The third kappa shape index (κ3) is 18.2. The van der Waals surface area contributed by atoms with Gasteiger partial charge in [0.1, 0.15) is 0 Å². The number of aliphatic carboxylic acids is 1. The zero-order valence-corrected chi connectivity index (χ0v) is 13.8.